The highest BCUT2D eigenvalue weighted by molar-refractivity contribution is 7.18. The highest BCUT2D eigenvalue weighted by Gasteiger charge is 2.46. The lowest BCUT2D eigenvalue weighted by Gasteiger charge is -2.41. The summed E-state index contributed by atoms with van der Waals surface area (Å²) >= 11 is 7.91. The molecule has 412 valence electrons. The van der Waals surface area contributed by atoms with E-state index in [9.17, 15) is 14.7 Å². The largest absolute Gasteiger partial charge is 0.491 e. The van der Waals surface area contributed by atoms with Gasteiger partial charge in [-0.1, -0.05) is 163 Å². The van der Waals surface area contributed by atoms with E-state index >= 15 is 0 Å². The van der Waals surface area contributed by atoms with Crippen LogP contribution in [0.4, 0.5) is 0 Å². The first-order chi connectivity index (χ1) is 41.0. The molecule has 1 unspecified atom stereocenters. The number of aromatic nitrogens is 3. The second kappa shape index (κ2) is 20.6. The fourth-order valence-corrected chi connectivity index (χ4v) is 15.9. The number of thiophene rings is 1. The molecule has 4 aliphatic rings. The van der Waals surface area contributed by atoms with E-state index in [2.05, 4.69) is 169 Å². The summed E-state index contributed by atoms with van der Waals surface area (Å²) in [5.41, 5.74) is 26.4. The van der Waals surface area contributed by atoms with E-state index in [0.29, 0.717) is 47.3 Å². The first kappa shape index (κ1) is 52.1. The van der Waals surface area contributed by atoms with Gasteiger partial charge >= 0.3 is 5.97 Å². The van der Waals surface area contributed by atoms with Crippen molar-refractivity contribution in [2.24, 2.45) is 0 Å². The predicted octanol–water partition coefficient (Wildman–Crippen LogP) is 15.7. The molecule has 4 aliphatic carbocycles. The average molecular weight is 1140 g/mol. The van der Waals surface area contributed by atoms with Gasteiger partial charge in [-0.3, -0.25) is 19.2 Å². The van der Waals surface area contributed by atoms with Gasteiger partial charge < -0.3 is 9.84 Å². The second-order valence-corrected chi connectivity index (χ2v) is 24.5. The maximum atomic E-state index is 14.6. The summed E-state index contributed by atoms with van der Waals surface area (Å²) < 4.78 is 8.98. The maximum absolute atomic E-state index is 14.6. The Morgan fingerprint density at radius 1 is 0.667 bits per heavy atom. The third kappa shape index (κ3) is 8.41. The van der Waals surface area contributed by atoms with Gasteiger partial charge in [0.15, 0.2) is 0 Å². The van der Waals surface area contributed by atoms with Crippen LogP contribution >= 0.6 is 22.9 Å². The van der Waals surface area contributed by atoms with E-state index in [-0.39, 0.29) is 23.8 Å². The minimum absolute atomic E-state index is 0.0241. The third-order valence-corrected chi connectivity index (χ3v) is 19.8. The number of hydrogen-bond acceptors (Lipinski definition) is 7. The van der Waals surface area contributed by atoms with E-state index in [1.807, 2.05) is 32.0 Å². The predicted molar refractivity (Wildman–Crippen MR) is 337 cm³/mol. The third-order valence-electron chi connectivity index (χ3n) is 18.6. The minimum Gasteiger partial charge on any atom is -0.491 e. The molecule has 0 amide bonds. The Bertz CT molecular complexity index is 4360. The van der Waals surface area contributed by atoms with E-state index < -0.39 is 11.4 Å². The average Bonchev–Trinajstić information content (AvgIpc) is 1.46. The van der Waals surface area contributed by atoms with Crippen molar-refractivity contribution in [3.05, 3.63) is 286 Å². The van der Waals surface area contributed by atoms with Crippen molar-refractivity contribution in [2.45, 2.75) is 76.9 Å². The molecule has 0 radical (unpaired) electrons. The number of hydrogen-bond donors (Lipinski definition) is 1. The topological polar surface area (TPSA) is 97.6 Å². The van der Waals surface area contributed by atoms with Crippen molar-refractivity contribution >= 4 is 39.1 Å². The fraction of sp³-hybridized carbons (Fsp3) is 0.189. The number of carboxylic acid groups (broad SMARTS) is 1. The number of ether oxygens (including phenoxy) is 1. The summed E-state index contributed by atoms with van der Waals surface area (Å²) in [6, 6.07) is 65.2. The number of halogens is 1. The molecule has 15 rings (SSSR count). The van der Waals surface area contributed by atoms with Crippen molar-refractivity contribution < 1.29 is 14.6 Å². The number of aryl methyl sites for hydroxylation is 3. The number of rotatable bonds is 13. The van der Waals surface area contributed by atoms with Crippen LogP contribution < -0.4 is 10.3 Å². The van der Waals surface area contributed by atoms with Crippen molar-refractivity contribution in [2.75, 3.05) is 13.7 Å². The number of aromatic carboxylic acids is 1. The molecule has 0 aliphatic heterocycles. The van der Waals surface area contributed by atoms with Crippen LogP contribution in [0.3, 0.4) is 0 Å². The van der Waals surface area contributed by atoms with Crippen LogP contribution in [0.1, 0.15) is 101 Å². The Labute approximate surface area is 497 Å². The number of pyridine rings is 1. The standard InChI is InChI=1S/C74H59ClN4O4S/c1-43-35-62(71-70(76-43)64(42-84-71)73(81)82)61-39-50(75)29-32-69(61)83-34-33-79-44(2)77-68-31-30-51(40-63(68)72(79)80)78(3)41-45-25-27-49(28-26-45)74(65-22-10-19-55-52-16-7-4-13-46(52)36-58(55)65,66-23-11-20-56-53-17-8-5-14-47(53)37-59(56)66)67-24-12-21-57-54-18-9-6-15-48(54)38-60(57)67/h4-29,32,35,39,42,51H,30-31,33-34,36-38,40-41H2,1-3H3,(H,81,82). The summed E-state index contributed by atoms with van der Waals surface area (Å²) in [6.07, 6.45) is 4.82. The summed E-state index contributed by atoms with van der Waals surface area (Å²) in [7, 11) is 2.20. The number of carboxylic acids is 1. The Kier molecular flexibility index (Phi) is 12.7. The van der Waals surface area contributed by atoms with Crippen molar-refractivity contribution in [1.29, 1.82) is 0 Å². The van der Waals surface area contributed by atoms with Crippen molar-refractivity contribution in [3.8, 4) is 50.3 Å². The lowest BCUT2D eigenvalue weighted by atomic mass is 9.61. The van der Waals surface area contributed by atoms with E-state index in [0.717, 1.165) is 59.2 Å². The lowest BCUT2D eigenvalue weighted by molar-refractivity contribution is 0.0699. The van der Waals surface area contributed by atoms with E-state index in [4.69, 9.17) is 21.3 Å². The molecule has 3 aromatic heterocycles. The van der Waals surface area contributed by atoms with Crippen LogP contribution in [0.15, 0.2) is 186 Å². The molecular formula is C74H59ClN4O4S. The molecule has 8 nitrogen and oxygen atoms in total. The molecule has 0 fully saturated rings. The molecule has 8 aromatic carbocycles. The molecule has 1 N–H and O–H groups in total. The summed E-state index contributed by atoms with van der Waals surface area (Å²) in [5, 5.41) is 12.0. The first-order valence-corrected chi connectivity index (χ1v) is 30.3. The van der Waals surface area contributed by atoms with Crippen LogP contribution in [0.25, 0.3) is 54.7 Å². The number of nitrogens with zero attached hydrogens (tertiary/aromatic N) is 4. The van der Waals surface area contributed by atoms with Gasteiger partial charge in [-0.25, -0.2) is 9.78 Å². The number of carbonyl (C=O) groups is 1. The smallest absolute Gasteiger partial charge is 0.338 e. The molecule has 0 bridgehead atoms. The lowest BCUT2D eigenvalue weighted by Crippen LogP contribution is -2.41. The Morgan fingerprint density at radius 3 is 1.80 bits per heavy atom. The van der Waals surface area contributed by atoms with Crippen molar-refractivity contribution in [3.63, 3.8) is 0 Å². The monoisotopic (exact) mass is 1130 g/mol. The first-order valence-electron chi connectivity index (χ1n) is 29.1. The molecule has 0 spiro atoms. The Balaban J connectivity index is 0.760. The number of fused-ring (bicyclic) bond motifs is 11. The molecule has 11 aromatic rings. The minimum atomic E-state index is -1.02. The zero-order chi connectivity index (χ0) is 57.0. The van der Waals surface area contributed by atoms with Gasteiger partial charge in [-0.2, -0.15) is 0 Å². The summed E-state index contributed by atoms with van der Waals surface area (Å²) in [5.74, 6) is 0.211. The zero-order valence-corrected chi connectivity index (χ0v) is 48.6. The SMILES string of the molecule is Cc1cc(-c2cc(Cl)ccc2OCCn2c(C)nc3c(c2=O)CC(N(C)Cc2ccc(C(c4cccc5c4Cc4ccccc4-5)(c4cccc5c4Cc4ccccc4-5)c4cccc5c4Cc4ccccc4-5)cc2)CC3)c2scc(C(=O)O)c2n1. The van der Waals surface area contributed by atoms with E-state index in [1.165, 1.54) is 106 Å². The van der Waals surface area contributed by atoms with Gasteiger partial charge in [0.05, 0.1) is 33.4 Å². The number of benzene rings is 8. The molecule has 1 atom stereocenters. The molecule has 0 saturated heterocycles. The normalized spacial score (nSPS) is 14.4. The Morgan fingerprint density at radius 2 is 1.23 bits per heavy atom. The highest BCUT2D eigenvalue weighted by atomic mass is 35.5. The fourth-order valence-electron chi connectivity index (χ4n) is 14.7. The summed E-state index contributed by atoms with van der Waals surface area (Å²) in [4.78, 5) is 38.8. The molecule has 3 heterocycles. The maximum Gasteiger partial charge on any atom is 0.338 e. The van der Waals surface area contributed by atoms with Gasteiger partial charge in [-0.15, -0.1) is 11.3 Å². The van der Waals surface area contributed by atoms with Gasteiger partial charge in [0.1, 0.15) is 18.2 Å². The second-order valence-electron chi connectivity index (χ2n) is 23.2. The van der Waals surface area contributed by atoms with Crippen LogP contribution in [-0.4, -0.2) is 50.2 Å². The Hall–Kier alpha value is -8.73. The van der Waals surface area contributed by atoms with Gasteiger partial charge in [0.25, 0.3) is 5.56 Å². The molecular weight excluding hydrogens is 1080 g/mol. The zero-order valence-electron chi connectivity index (χ0n) is 47.0. The van der Waals surface area contributed by atoms with Gasteiger partial charge in [0.2, 0.25) is 0 Å². The quantitative estimate of drug-likeness (QED) is 0.115. The number of likely N-dealkylation sites (N-methyl/N-ethyl adjacent to an activating group) is 1. The highest BCUT2D eigenvalue weighted by Crippen LogP contribution is 2.56. The molecule has 84 heavy (non-hydrogen) atoms. The van der Waals surface area contributed by atoms with Crippen LogP contribution in [0.2, 0.25) is 5.02 Å². The van der Waals surface area contributed by atoms with Crippen molar-refractivity contribution in [1.82, 2.24) is 19.4 Å². The van der Waals surface area contributed by atoms with E-state index in [1.54, 1.807) is 16.0 Å². The van der Waals surface area contributed by atoms with Gasteiger partial charge in [-0.05, 0) is 178 Å². The molecule has 10 heteroatoms. The van der Waals surface area contributed by atoms with Crippen LogP contribution in [0.5, 0.6) is 5.75 Å². The summed E-state index contributed by atoms with van der Waals surface area (Å²) in [6.45, 7) is 4.96. The van der Waals surface area contributed by atoms with Crippen LogP contribution in [0, 0.1) is 13.8 Å². The van der Waals surface area contributed by atoms with Crippen LogP contribution in [-0.2, 0) is 50.6 Å². The van der Waals surface area contributed by atoms with Gasteiger partial charge in [0, 0.05) is 45.4 Å². The molecule has 0 saturated carbocycles.